The third-order valence-electron chi connectivity index (χ3n) is 3.82. The molecule has 0 aromatic heterocycles. The van der Waals surface area contributed by atoms with Crippen molar-refractivity contribution < 1.29 is 9.47 Å². The third kappa shape index (κ3) is 3.62. The molecule has 20 heavy (non-hydrogen) atoms. The van der Waals surface area contributed by atoms with Crippen LogP contribution in [0.5, 0.6) is 11.5 Å². The molecule has 1 aromatic rings. The monoisotopic (exact) mass is 279 g/mol. The summed E-state index contributed by atoms with van der Waals surface area (Å²) in [4.78, 5) is 4.85. The number of nitrogens with zero attached hydrogens (tertiary/aromatic N) is 2. The fourth-order valence-electron chi connectivity index (χ4n) is 2.66. The largest absolute Gasteiger partial charge is 0.496 e. The fourth-order valence-corrected chi connectivity index (χ4v) is 2.66. The van der Waals surface area contributed by atoms with Gasteiger partial charge < -0.3 is 15.2 Å². The molecule has 1 saturated heterocycles. The van der Waals surface area contributed by atoms with Crippen LogP contribution in [0.2, 0.25) is 0 Å². The van der Waals surface area contributed by atoms with Crippen LogP contribution in [0, 0.1) is 0 Å². The minimum Gasteiger partial charge on any atom is -0.496 e. The molecule has 0 amide bonds. The van der Waals surface area contributed by atoms with Gasteiger partial charge in [-0.15, -0.1) is 0 Å². The van der Waals surface area contributed by atoms with Gasteiger partial charge in [0.2, 0.25) is 0 Å². The van der Waals surface area contributed by atoms with Crippen molar-refractivity contribution in [2.75, 3.05) is 53.5 Å². The van der Waals surface area contributed by atoms with E-state index in [2.05, 4.69) is 9.80 Å². The second-order valence-corrected chi connectivity index (χ2v) is 5.05. The van der Waals surface area contributed by atoms with Crippen LogP contribution in [0.25, 0.3) is 0 Å². The Hall–Kier alpha value is -1.30. The van der Waals surface area contributed by atoms with Gasteiger partial charge in [-0.1, -0.05) is 6.07 Å². The van der Waals surface area contributed by atoms with E-state index in [4.69, 9.17) is 15.2 Å². The predicted molar refractivity (Wildman–Crippen MR) is 80.3 cm³/mol. The summed E-state index contributed by atoms with van der Waals surface area (Å²) < 4.78 is 10.9. The van der Waals surface area contributed by atoms with Crippen molar-refractivity contribution in [2.45, 2.75) is 6.54 Å². The van der Waals surface area contributed by atoms with Gasteiger partial charge in [-0.3, -0.25) is 9.80 Å². The lowest BCUT2D eigenvalue weighted by Crippen LogP contribution is -2.47. The van der Waals surface area contributed by atoms with Crippen molar-refractivity contribution in [2.24, 2.45) is 5.73 Å². The standard InChI is InChI=1S/C15H25N3O2/c1-19-14-4-3-5-15(20-2)13(14)12-18-10-8-17(7-6-16)9-11-18/h3-5H,6-12,16H2,1-2H3. The van der Waals surface area contributed by atoms with Crippen LogP contribution in [-0.2, 0) is 6.54 Å². The molecule has 1 aromatic carbocycles. The highest BCUT2D eigenvalue weighted by Gasteiger charge is 2.19. The van der Waals surface area contributed by atoms with Gasteiger partial charge in [0.15, 0.2) is 0 Å². The molecule has 0 radical (unpaired) electrons. The van der Waals surface area contributed by atoms with E-state index in [1.807, 2.05) is 18.2 Å². The Morgan fingerprint density at radius 3 is 2.05 bits per heavy atom. The van der Waals surface area contributed by atoms with E-state index >= 15 is 0 Å². The molecular formula is C15H25N3O2. The van der Waals surface area contributed by atoms with E-state index in [9.17, 15) is 0 Å². The molecule has 112 valence electrons. The number of ether oxygens (including phenoxy) is 2. The highest BCUT2D eigenvalue weighted by Crippen LogP contribution is 2.29. The third-order valence-corrected chi connectivity index (χ3v) is 3.82. The number of hydrogen-bond acceptors (Lipinski definition) is 5. The Balaban J connectivity index is 2.00. The van der Waals surface area contributed by atoms with Crippen LogP contribution in [0.15, 0.2) is 18.2 Å². The summed E-state index contributed by atoms with van der Waals surface area (Å²) in [5.74, 6) is 1.79. The van der Waals surface area contributed by atoms with Crippen molar-refractivity contribution in [1.82, 2.24) is 9.80 Å². The first-order chi connectivity index (χ1) is 9.78. The summed E-state index contributed by atoms with van der Waals surface area (Å²) in [5.41, 5.74) is 6.73. The zero-order valence-electron chi connectivity index (χ0n) is 12.5. The zero-order valence-corrected chi connectivity index (χ0v) is 12.5. The molecule has 2 rings (SSSR count). The number of methoxy groups -OCH3 is 2. The Morgan fingerprint density at radius 2 is 1.55 bits per heavy atom. The second-order valence-electron chi connectivity index (χ2n) is 5.05. The second kappa shape index (κ2) is 7.47. The molecule has 1 heterocycles. The van der Waals surface area contributed by atoms with E-state index in [1.54, 1.807) is 14.2 Å². The molecule has 0 bridgehead atoms. The first-order valence-electron chi connectivity index (χ1n) is 7.13. The van der Waals surface area contributed by atoms with Crippen LogP contribution in [0.4, 0.5) is 0 Å². The summed E-state index contributed by atoms with van der Waals surface area (Å²) in [6.07, 6.45) is 0. The van der Waals surface area contributed by atoms with Gasteiger partial charge in [0.25, 0.3) is 0 Å². The Bertz CT molecular complexity index is 395. The van der Waals surface area contributed by atoms with Crippen LogP contribution < -0.4 is 15.2 Å². The summed E-state index contributed by atoms with van der Waals surface area (Å²) in [6.45, 7) is 6.86. The van der Waals surface area contributed by atoms with Gasteiger partial charge in [0, 0.05) is 45.8 Å². The zero-order chi connectivity index (χ0) is 14.4. The highest BCUT2D eigenvalue weighted by atomic mass is 16.5. The highest BCUT2D eigenvalue weighted by molar-refractivity contribution is 5.44. The molecule has 0 atom stereocenters. The molecule has 1 fully saturated rings. The SMILES string of the molecule is COc1cccc(OC)c1CN1CCN(CCN)CC1. The van der Waals surface area contributed by atoms with E-state index in [0.29, 0.717) is 0 Å². The number of nitrogens with two attached hydrogens (primary N) is 1. The van der Waals surface area contributed by atoms with E-state index in [1.165, 1.54) is 0 Å². The smallest absolute Gasteiger partial charge is 0.127 e. The Labute approximate surface area is 121 Å². The lowest BCUT2D eigenvalue weighted by molar-refractivity contribution is 0.128. The maximum absolute atomic E-state index is 5.61. The van der Waals surface area contributed by atoms with Crippen molar-refractivity contribution in [3.05, 3.63) is 23.8 Å². The van der Waals surface area contributed by atoms with Crippen LogP contribution in [0.1, 0.15) is 5.56 Å². The maximum atomic E-state index is 5.61. The van der Waals surface area contributed by atoms with E-state index in [-0.39, 0.29) is 0 Å². The van der Waals surface area contributed by atoms with Crippen LogP contribution in [-0.4, -0.2) is 63.3 Å². The van der Waals surface area contributed by atoms with Gasteiger partial charge in [-0.05, 0) is 12.1 Å². The van der Waals surface area contributed by atoms with E-state index in [0.717, 1.165) is 62.9 Å². The molecule has 0 unspecified atom stereocenters. The van der Waals surface area contributed by atoms with Gasteiger partial charge in [-0.25, -0.2) is 0 Å². The van der Waals surface area contributed by atoms with Gasteiger partial charge in [0.05, 0.1) is 19.8 Å². The van der Waals surface area contributed by atoms with Crippen molar-refractivity contribution in [3.63, 3.8) is 0 Å². The van der Waals surface area contributed by atoms with Crippen molar-refractivity contribution in [3.8, 4) is 11.5 Å². The number of benzene rings is 1. The minimum absolute atomic E-state index is 0.736. The first-order valence-corrected chi connectivity index (χ1v) is 7.13. The van der Waals surface area contributed by atoms with Crippen LogP contribution in [0.3, 0.4) is 0 Å². The summed E-state index contributed by atoms with van der Waals surface area (Å²) in [7, 11) is 3.41. The fraction of sp³-hybridized carbons (Fsp3) is 0.600. The molecule has 1 aliphatic heterocycles. The Kier molecular flexibility index (Phi) is 5.64. The minimum atomic E-state index is 0.736. The maximum Gasteiger partial charge on any atom is 0.127 e. The topological polar surface area (TPSA) is 51.0 Å². The molecular weight excluding hydrogens is 254 g/mol. The van der Waals surface area contributed by atoms with Crippen molar-refractivity contribution in [1.29, 1.82) is 0 Å². The molecule has 0 spiro atoms. The van der Waals surface area contributed by atoms with Gasteiger partial charge >= 0.3 is 0 Å². The normalized spacial score (nSPS) is 17.1. The molecule has 0 aliphatic carbocycles. The Morgan fingerprint density at radius 1 is 1.00 bits per heavy atom. The average Bonchev–Trinajstić information content (AvgIpc) is 2.49. The molecule has 0 saturated carbocycles. The molecule has 5 heteroatoms. The summed E-state index contributed by atoms with van der Waals surface area (Å²) >= 11 is 0. The van der Waals surface area contributed by atoms with Gasteiger partial charge in [0.1, 0.15) is 11.5 Å². The molecule has 2 N–H and O–H groups in total. The quantitative estimate of drug-likeness (QED) is 0.834. The lowest BCUT2D eigenvalue weighted by atomic mass is 10.1. The van der Waals surface area contributed by atoms with Gasteiger partial charge in [-0.2, -0.15) is 0 Å². The molecule has 5 nitrogen and oxygen atoms in total. The van der Waals surface area contributed by atoms with Crippen LogP contribution >= 0.6 is 0 Å². The lowest BCUT2D eigenvalue weighted by Gasteiger charge is -2.34. The molecule has 1 aliphatic rings. The average molecular weight is 279 g/mol. The number of piperazine rings is 1. The predicted octanol–water partition coefficient (Wildman–Crippen LogP) is 0.780. The summed E-state index contributed by atoms with van der Waals surface area (Å²) in [5, 5.41) is 0. The number of hydrogen-bond donors (Lipinski definition) is 1. The van der Waals surface area contributed by atoms with E-state index < -0.39 is 0 Å². The van der Waals surface area contributed by atoms with Crippen molar-refractivity contribution >= 4 is 0 Å². The summed E-state index contributed by atoms with van der Waals surface area (Å²) in [6, 6.07) is 5.94. The first kappa shape index (κ1) is 15.1. The number of rotatable bonds is 6.